The van der Waals surface area contributed by atoms with Crippen molar-refractivity contribution < 1.29 is 13.3 Å². The van der Waals surface area contributed by atoms with Crippen LogP contribution in [0.4, 0.5) is 11.4 Å². The predicted molar refractivity (Wildman–Crippen MR) is 65.5 cm³/mol. The molecule has 0 aromatic heterocycles. The second-order valence-electron chi connectivity index (χ2n) is 3.63. The second-order valence-corrected chi connectivity index (χ2v) is 5.63. The maximum Gasteiger partial charge on any atom is 0.274 e. The average molecular weight is 269 g/mol. The van der Waals surface area contributed by atoms with Crippen LogP contribution < -0.4 is 4.72 Å². The lowest BCUT2D eigenvalue weighted by Gasteiger charge is -2.11. The Morgan fingerprint density at radius 1 is 1.50 bits per heavy atom. The van der Waals surface area contributed by atoms with Crippen molar-refractivity contribution in [3.8, 4) is 6.07 Å². The number of nitro groups is 1. The van der Waals surface area contributed by atoms with E-state index in [1.165, 1.54) is 32.0 Å². The Bertz CT molecular complexity index is 619. The highest BCUT2D eigenvalue weighted by molar-refractivity contribution is 7.93. The number of nitriles is 1. The van der Waals surface area contributed by atoms with E-state index in [4.69, 9.17) is 5.26 Å². The fourth-order valence-electron chi connectivity index (χ4n) is 1.24. The molecule has 1 aromatic rings. The molecule has 8 heteroatoms. The molecule has 1 atom stereocenters. The molecule has 0 saturated carbocycles. The zero-order valence-corrected chi connectivity index (χ0v) is 10.6. The summed E-state index contributed by atoms with van der Waals surface area (Å²) in [6.45, 7) is 2.67. The molecule has 1 rings (SSSR count). The van der Waals surface area contributed by atoms with E-state index in [1.807, 2.05) is 0 Å². The summed E-state index contributed by atoms with van der Waals surface area (Å²) in [4.78, 5) is 10.1. The Morgan fingerprint density at radius 3 is 2.61 bits per heavy atom. The molecule has 0 aliphatic heterocycles. The van der Waals surface area contributed by atoms with Crippen LogP contribution in [0.15, 0.2) is 18.2 Å². The van der Waals surface area contributed by atoms with Gasteiger partial charge in [-0.3, -0.25) is 14.8 Å². The van der Waals surface area contributed by atoms with Crippen molar-refractivity contribution >= 4 is 21.4 Å². The second kappa shape index (κ2) is 5.01. The molecule has 0 amide bonds. The highest BCUT2D eigenvalue weighted by atomic mass is 32.2. The number of hydrogen-bond donors (Lipinski definition) is 1. The first-order valence-corrected chi connectivity index (χ1v) is 6.49. The fraction of sp³-hybridized carbons (Fsp3) is 0.300. The highest BCUT2D eigenvalue weighted by Gasteiger charge is 2.22. The Kier molecular flexibility index (Phi) is 3.88. The van der Waals surface area contributed by atoms with Gasteiger partial charge < -0.3 is 0 Å². The number of rotatable bonds is 4. The molecule has 1 N–H and O–H groups in total. The molecule has 0 spiro atoms. The first kappa shape index (κ1) is 13.9. The van der Waals surface area contributed by atoms with E-state index in [9.17, 15) is 18.5 Å². The van der Waals surface area contributed by atoms with E-state index in [2.05, 4.69) is 4.72 Å². The van der Waals surface area contributed by atoms with Gasteiger partial charge in [-0.2, -0.15) is 5.26 Å². The normalized spacial score (nSPS) is 12.5. The summed E-state index contributed by atoms with van der Waals surface area (Å²) >= 11 is 0. The molecule has 0 saturated heterocycles. The van der Waals surface area contributed by atoms with Crippen molar-refractivity contribution in [1.29, 1.82) is 5.26 Å². The number of hydrogen-bond acceptors (Lipinski definition) is 5. The predicted octanol–water partition coefficient (Wildman–Crippen LogP) is 1.56. The van der Waals surface area contributed by atoms with Gasteiger partial charge in [-0.05, 0) is 19.9 Å². The largest absolute Gasteiger partial charge is 0.282 e. The van der Waals surface area contributed by atoms with Gasteiger partial charge in [0.15, 0.2) is 5.25 Å². The van der Waals surface area contributed by atoms with Crippen LogP contribution in [0.25, 0.3) is 0 Å². The Balaban J connectivity index is 3.19. The van der Waals surface area contributed by atoms with Crippen molar-refractivity contribution in [1.82, 2.24) is 0 Å². The maximum absolute atomic E-state index is 11.7. The van der Waals surface area contributed by atoms with Crippen LogP contribution in [-0.4, -0.2) is 18.6 Å². The molecule has 0 fully saturated rings. The van der Waals surface area contributed by atoms with Gasteiger partial charge in [-0.25, -0.2) is 8.42 Å². The third-order valence-electron chi connectivity index (χ3n) is 2.40. The Hall–Kier alpha value is -2.14. The van der Waals surface area contributed by atoms with Crippen molar-refractivity contribution in [3.63, 3.8) is 0 Å². The van der Waals surface area contributed by atoms with Crippen LogP contribution in [0.5, 0.6) is 0 Å². The van der Waals surface area contributed by atoms with Crippen LogP contribution in [0, 0.1) is 28.4 Å². The number of nitro benzene ring substituents is 1. The molecular weight excluding hydrogens is 258 g/mol. The summed E-state index contributed by atoms with van der Waals surface area (Å²) in [6.07, 6.45) is 0. The number of sulfonamides is 1. The molecule has 1 unspecified atom stereocenters. The lowest BCUT2D eigenvalue weighted by Crippen LogP contribution is -2.24. The fourth-order valence-corrected chi connectivity index (χ4v) is 2.09. The van der Waals surface area contributed by atoms with Crippen LogP contribution in [0.3, 0.4) is 0 Å². The van der Waals surface area contributed by atoms with Gasteiger partial charge in [0, 0.05) is 6.07 Å². The van der Waals surface area contributed by atoms with Crippen LogP contribution in [-0.2, 0) is 10.0 Å². The molecule has 0 aliphatic carbocycles. The Morgan fingerprint density at radius 2 is 2.11 bits per heavy atom. The third-order valence-corrected chi connectivity index (χ3v) is 3.94. The first-order valence-electron chi connectivity index (χ1n) is 4.95. The van der Waals surface area contributed by atoms with E-state index in [0.717, 1.165) is 0 Å². The van der Waals surface area contributed by atoms with Gasteiger partial charge >= 0.3 is 0 Å². The standard InChI is InChI=1S/C10H11N3O4S/c1-7(6-11)18(16,17)12-9-4-3-5-10(8(9)2)13(14)15/h3-5,7,12H,1-2H3. The average Bonchev–Trinajstić information content (AvgIpc) is 2.30. The summed E-state index contributed by atoms with van der Waals surface area (Å²) in [5.41, 5.74) is 0.127. The van der Waals surface area contributed by atoms with Crippen molar-refractivity contribution in [2.45, 2.75) is 19.1 Å². The van der Waals surface area contributed by atoms with Gasteiger partial charge in [-0.15, -0.1) is 0 Å². The molecule has 7 nitrogen and oxygen atoms in total. The molecule has 0 heterocycles. The molecule has 18 heavy (non-hydrogen) atoms. The van der Waals surface area contributed by atoms with E-state index in [1.54, 1.807) is 6.07 Å². The summed E-state index contributed by atoms with van der Waals surface area (Å²) < 4.78 is 25.5. The number of benzene rings is 1. The molecule has 96 valence electrons. The van der Waals surface area contributed by atoms with E-state index < -0.39 is 20.2 Å². The topological polar surface area (TPSA) is 113 Å². The molecule has 0 aliphatic rings. The molecular formula is C10H11N3O4S. The van der Waals surface area contributed by atoms with Gasteiger partial charge in [-0.1, -0.05) is 6.07 Å². The van der Waals surface area contributed by atoms with Gasteiger partial charge in [0.1, 0.15) is 0 Å². The minimum absolute atomic E-state index is 0.103. The minimum atomic E-state index is -3.86. The molecule has 0 bridgehead atoms. The summed E-state index contributed by atoms with van der Waals surface area (Å²) in [5.74, 6) is 0. The minimum Gasteiger partial charge on any atom is -0.282 e. The smallest absolute Gasteiger partial charge is 0.274 e. The highest BCUT2D eigenvalue weighted by Crippen LogP contribution is 2.26. The summed E-state index contributed by atoms with van der Waals surface area (Å²) in [6, 6.07) is 5.66. The van der Waals surface area contributed by atoms with Gasteiger partial charge in [0.05, 0.1) is 22.2 Å². The zero-order valence-electron chi connectivity index (χ0n) is 9.75. The van der Waals surface area contributed by atoms with E-state index in [0.29, 0.717) is 0 Å². The lowest BCUT2D eigenvalue weighted by molar-refractivity contribution is -0.385. The number of anilines is 1. The SMILES string of the molecule is Cc1c(NS(=O)(=O)C(C)C#N)cccc1[N+](=O)[O-]. The van der Waals surface area contributed by atoms with Crippen LogP contribution >= 0.6 is 0 Å². The third kappa shape index (κ3) is 2.75. The van der Waals surface area contributed by atoms with E-state index >= 15 is 0 Å². The van der Waals surface area contributed by atoms with Crippen LogP contribution in [0.1, 0.15) is 12.5 Å². The lowest BCUT2D eigenvalue weighted by atomic mass is 10.2. The monoisotopic (exact) mass is 269 g/mol. The van der Waals surface area contributed by atoms with Crippen molar-refractivity contribution in [3.05, 3.63) is 33.9 Å². The van der Waals surface area contributed by atoms with Crippen molar-refractivity contribution in [2.24, 2.45) is 0 Å². The van der Waals surface area contributed by atoms with E-state index in [-0.39, 0.29) is 16.9 Å². The summed E-state index contributed by atoms with van der Waals surface area (Å²) in [7, 11) is -3.86. The first-order chi connectivity index (χ1) is 8.29. The maximum atomic E-state index is 11.7. The van der Waals surface area contributed by atoms with Gasteiger partial charge in [0.2, 0.25) is 10.0 Å². The quantitative estimate of drug-likeness (QED) is 0.658. The van der Waals surface area contributed by atoms with Gasteiger partial charge in [0.25, 0.3) is 5.69 Å². The summed E-state index contributed by atoms with van der Waals surface area (Å²) in [5, 5.41) is 18.0. The number of nitrogens with zero attached hydrogens (tertiary/aromatic N) is 2. The zero-order chi connectivity index (χ0) is 13.9. The molecule has 0 radical (unpaired) electrons. The molecule has 1 aromatic carbocycles. The van der Waals surface area contributed by atoms with Crippen LogP contribution in [0.2, 0.25) is 0 Å². The van der Waals surface area contributed by atoms with Crippen molar-refractivity contribution in [2.75, 3.05) is 4.72 Å². The Labute approximate surface area is 104 Å². The number of nitrogens with one attached hydrogen (secondary N) is 1.